The van der Waals surface area contributed by atoms with E-state index in [0.29, 0.717) is 29.3 Å². The van der Waals surface area contributed by atoms with Gasteiger partial charge in [-0.15, -0.1) is 6.58 Å². The van der Waals surface area contributed by atoms with Crippen LogP contribution in [0.3, 0.4) is 0 Å². The molecule has 3 aliphatic rings. The molecule has 36 heavy (non-hydrogen) atoms. The molecule has 0 aromatic heterocycles. The van der Waals surface area contributed by atoms with E-state index in [1.54, 1.807) is 5.57 Å². The molecule has 0 amide bonds. The third-order valence-electron chi connectivity index (χ3n) is 9.18. The minimum atomic E-state index is 0. The van der Waals surface area contributed by atoms with Crippen LogP contribution in [0.25, 0.3) is 0 Å². The van der Waals surface area contributed by atoms with Gasteiger partial charge in [0.15, 0.2) is 0 Å². The van der Waals surface area contributed by atoms with E-state index in [-0.39, 0.29) is 18.3 Å². The first kappa shape index (κ1) is 34.7. The lowest BCUT2D eigenvalue weighted by Gasteiger charge is -2.60. The molecule has 0 heterocycles. The highest BCUT2D eigenvalue weighted by atomic mass is 16.5. The van der Waals surface area contributed by atoms with Gasteiger partial charge in [0.25, 0.3) is 0 Å². The average molecular weight is 499 g/mol. The molecule has 1 heteroatoms. The van der Waals surface area contributed by atoms with Crippen molar-refractivity contribution in [2.45, 2.75) is 121 Å². The van der Waals surface area contributed by atoms with Crippen molar-refractivity contribution < 1.29 is 4.74 Å². The zero-order valence-electron chi connectivity index (χ0n) is 25.1. The lowest BCUT2D eigenvalue weighted by atomic mass is 9.45. The molecule has 208 valence electrons. The Morgan fingerprint density at radius 3 is 2.17 bits per heavy atom. The molecule has 6 unspecified atom stereocenters. The summed E-state index contributed by atoms with van der Waals surface area (Å²) < 4.78 is 6.15. The summed E-state index contributed by atoms with van der Waals surface area (Å²) in [5, 5.41) is 0. The van der Waals surface area contributed by atoms with E-state index in [1.165, 1.54) is 37.7 Å². The third-order valence-corrected chi connectivity index (χ3v) is 9.18. The van der Waals surface area contributed by atoms with Gasteiger partial charge in [-0.25, -0.2) is 0 Å². The van der Waals surface area contributed by atoms with Gasteiger partial charge in [0.2, 0.25) is 0 Å². The summed E-state index contributed by atoms with van der Waals surface area (Å²) in [4.78, 5) is 0. The second-order valence-electron chi connectivity index (χ2n) is 12.8. The quantitative estimate of drug-likeness (QED) is 0.342. The molecule has 3 aliphatic carbocycles. The van der Waals surface area contributed by atoms with Crippen molar-refractivity contribution in [1.82, 2.24) is 0 Å². The topological polar surface area (TPSA) is 9.23 Å². The van der Waals surface area contributed by atoms with Gasteiger partial charge in [-0.3, -0.25) is 0 Å². The van der Waals surface area contributed by atoms with Crippen molar-refractivity contribution in [2.75, 3.05) is 7.11 Å². The maximum absolute atomic E-state index is 6.15. The van der Waals surface area contributed by atoms with Crippen LogP contribution in [0.4, 0.5) is 0 Å². The van der Waals surface area contributed by atoms with Crippen LogP contribution in [0.15, 0.2) is 60.8 Å². The number of ether oxygens (including phenoxy) is 1. The number of hydrogen-bond donors (Lipinski definition) is 0. The van der Waals surface area contributed by atoms with Gasteiger partial charge in [-0.1, -0.05) is 124 Å². The van der Waals surface area contributed by atoms with Gasteiger partial charge >= 0.3 is 0 Å². The standard InChI is InChI=1S/C24H36O.C6H14.C4H8.CH4/c1-8-9-20-19-11-10-18-14-17(4)12-13-23(18,5)22(19)21(25-7)15-24(20,6)16(2)3;1-5-6(2,3)4;1-3-4-2;/h12-14,19-22H,2,4,8-11,15H2,1,3,5-7H3;5H2,1-4H3;3H,1,4H2,2H3;1H4. The average Bonchev–Trinajstić information content (AvgIpc) is 2.81. The van der Waals surface area contributed by atoms with E-state index in [0.717, 1.165) is 18.4 Å². The molecule has 0 aromatic rings. The lowest BCUT2D eigenvalue weighted by Crippen LogP contribution is -2.56. The van der Waals surface area contributed by atoms with Gasteiger partial charge < -0.3 is 4.74 Å². The molecule has 0 spiro atoms. The fourth-order valence-electron chi connectivity index (χ4n) is 6.27. The maximum Gasteiger partial charge on any atom is 0.0622 e. The Hall–Kier alpha value is -1.34. The molecule has 0 N–H and O–H groups in total. The summed E-state index contributed by atoms with van der Waals surface area (Å²) in [6, 6.07) is 0. The highest BCUT2D eigenvalue weighted by Crippen LogP contribution is 2.63. The van der Waals surface area contributed by atoms with Crippen LogP contribution in [-0.2, 0) is 4.74 Å². The lowest BCUT2D eigenvalue weighted by molar-refractivity contribution is -0.119. The minimum absolute atomic E-state index is 0. The van der Waals surface area contributed by atoms with Crippen molar-refractivity contribution >= 4 is 0 Å². The molecule has 3 rings (SSSR count). The smallest absolute Gasteiger partial charge is 0.0622 e. The second kappa shape index (κ2) is 14.6. The van der Waals surface area contributed by atoms with Crippen LogP contribution in [0, 0.1) is 34.0 Å². The fourth-order valence-corrected chi connectivity index (χ4v) is 6.27. The summed E-state index contributed by atoms with van der Waals surface area (Å²) in [7, 11) is 1.91. The van der Waals surface area contributed by atoms with E-state index >= 15 is 0 Å². The zero-order valence-corrected chi connectivity index (χ0v) is 25.1. The van der Waals surface area contributed by atoms with Gasteiger partial charge in [-0.05, 0) is 67.3 Å². The first-order chi connectivity index (χ1) is 16.2. The normalized spacial score (nSPS) is 32.7. The molecular weight excluding hydrogens is 436 g/mol. The Bertz CT molecular complexity index is 775. The molecule has 2 saturated carbocycles. The summed E-state index contributed by atoms with van der Waals surface area (Å²) in [6.45, 7) is 32.5. The second-order valence-corrected chi connectivity index (χ2v) is 12.8. The SMILES string of the molecule is C.C=C1C=CC2(C)C(=C1)CCC1C2C(OC)CC(C)(C(=C)C)C1CCC.C=CCC.CCC(C)(C)C. The molecule has 0 radical (unpaired) electrons. The number of hydrogen-bond acceptors (Lipinski definition) is 1. The van der Waals surface area contributed by atoms with E-state index in [9.17, 15) is 0 Å². The Labute approximate surface area is 227 Å². The Kier molecular flexibility index (Phi) is 14.0. The molecular formula is C35H62O. The van der Waals surface area contributed by atoms with Crippen LogP contribution >= 0.6 is 0 Å². The molecule has 1 nitrogen and oxygen atoms in total. The monoisotopic (exact) mass is 498 g/mol. The van der Waals surface area contributed by atoms with E-state index in [4.69, 9.17) is 4.74 Å². The largest absolute Gasteiger partial charge is 0.381 e. The molecule has 0 saturated heterocycles. The predicted octanol–water partition coefficient (Wildman–Crippen LogP) is 11.1. The number of allylic oxidation sites excluding steroid dienone is 7. The Morgan fingerprint density at radius 2 is 1.75 bits per heavy atom. The maximum atomic E-state index is 6.15. The molecule has 6 atom stereocenters. The van der Waals surface area contributed by atoms with E-state index in [2.05, 4.69) is 100 Å². The van der Waals surface area contributed by atoms with Crippen molar-refractivity contribution in [3.8, 4) is 0 Å². The Balaban J connectivity index is 0.000000950. The minimum Gasteiger partial charge on any atom is -0.381 e. The van der Waals surface area contributed by atoms with E-state index in [1.807, 2.05) is 13.2 Å². The van der Waals surface area contributed by atoms with Crippen molar-refractivity contribution in [1.29, 1.82) is 0 Å². The summed E-state index contributed by atoms with van der Waals surface area (Å²) in [5.74, 6) is 1.98. The summed E-state index contributed by atoms with van der Waals surface area (Å²) >= 11 is 0. The molecule has 0 bridgehead atoms. The first-order valence-electron chi connectivity index (χ1n) is 14.1. The Morgan fingerprint density at radius 1 is 1.19 bits per heavy atom. The van der Waals surface area contributed by atoms with Crippen LogP contribution in [0.5, 0.6) is 0 Å². The predicted molar refractivity (Wildman–Crippen MR) is 164 cm³/mol. The van der Waals surface area contributed by atoms with E-state index < -0.39 is 0 Å². The highest BCUT2D eigenvalue weighted by molar-refractivity contribution is 5.44. The molecule has 0 aliphatic heterocycles. The van der Waals surface area contributed by atoms with Gasteiger partial charge in [0.05, 0.1) is 6.10 Å². The van der Waals surface area contributed by atoms with Crippen LogP contribution < -0.4 is 0 Å². The van der Waals surface area contributed by atoms with Gasteiger partial charge in [0.1, 0.15) is 0 Å². The van der Waals surface area contributed by atoms with Crippen molar-refractivity contribution in [3.05, 3.63) is 60.8 Å². The number of fused-ring (bicyclic) bond motifs is 3. The first-order valence-corrected chi connectivity index (χ1v) is 14.1. The van der Waals surface area contributed by atoms with Crippen LogP contribution in [-0.4, -0.2) is 13.2 Å². The molecule has 2 fully saturated rings. The van der Waals surface area contributed by atoms with Crippen LogP contribution in [0.1, 0.15) is 115 Å². The van der Waals surface area contributed by atoms with Gasteiger partial charge in [-0.2, -0.15) is 0 Å². The molecule has 0 aromatic carbocycles. The summed E-state index contributed by atoms with van der Waals surface area (Å²) in [6.07, 6.45) is 17.6. The van der Waals surface area contributed by atoms with Crippen molar-refractivity contribution in [2.24, 2.45) is 34.0 Å². The van der Waals surface area contributed by atoms with Crippen molar-refractivity contribution in [3.63, 3.8) is 0 Å². The number of methoxy groups -OCH3 is 1. The van der Waals surface area contributed by atoms with Gasteiger partial charge in [0, 0.05) is 18.4 Å². The van der Waals surface area contributed by atoms with Crippen LogP contribution in [0.2, 0.25) is 0 Å². The third kappa shape index (κ3) is 8.08. The zero-order chi connectivity index (χ0) is 27.0. The fraction of sp³-hybridized carbons (Fsp3) is 0.714. The number of rotatable bonds is 5. The highest BCUT2D eigenvalue weighted by Gasteiger charge is 2.58. The summed E-state index contributed by atoms with van der Waals surface area (Å²) in [5.41, 5.74) is 4.90.